The Bertz CT molecular complexity index is 795. The molecule has 0 amide bonds. The average molecular weight is 301 g/mol. The van der Waals surface area contributed by atoms with Crippen molar-refractivity contribution in [3.8, 4) is 0 Å². The summed E-state index contributed by atoms with van der Waals surface area (Å²) in [5.74, 6) is 1.01. The summed E-state index contributed by atoms with van der Waals surface area (Å²) in [7, 11) is 0. The number of nitrogens with zero attached hydrogens (tertiary/aromatic N) is 3. The number of benzene rings is 1. The van der Waals surface area contributed by atoms with Crippen molar-refractivity contribution in [2.45, 2.75) is 36.5 Å². The molecular weight excluding hydrogens is 285 g/mol. The van der Waals surface area contributed by atoms with Crippen molar-refractivity contribution in [1.82, 2.24) is 14.6 Å². The topological polar surface area (TPSA) is 30.2 Å². The lowest BCUT2D eigenvalue weighted by Crippen LogP contribution is -1.97. The highest BCUT2D eigenvalue weighted by molar-refractivity contribution is 7.99. The fraction of sp³-hybridized carbons (Fsp3) is 0.250. The molecule has 0 saturated carbocycles. The Morgan fingerprint density at radius 3 is 2.67 bits per heavy atom. The van der Waals surface area contributed by atoms with Crippen molar-refractivity contribution in [1.29, 1.82) is 0 Å². The molecule has 0 aliphatic heterocycles. The molecule has 5 heteroatoms. The summed E-state index contributed by atoms with van der Waals surface area (Å²) in [6.45, 7) is 6.04. The largest absolute Gasteiger partial charge is 0.285 e. The number of pyridine rings is 1. The van der Waals surface area contributed by atoms with Crippen LogP contribution in [-0.4, -0.2) is 14.6 Å². The number of halogens is 1. The molecule has 0 N–H and O–H groups in total. The molecule has 21 heavy (non-hydrogen) atoms. The number of fused-ring (bicyclic) bond motifs is 1. The maximum atomic E-state index is 13.9. The molecule has 0 unspecified atom stereocenters. The summed E-state index contributed by atoms with van der Waals surface area (Å²) in [5, 5.41) is 8.35. The predicted molar refractivity (Wildman–Crippen MR) is 82.3 cm³/mol. The summed E-state index contributed by atoms with van der Waals surface area (Å²) in [6.07, 6.45) is 1.97. The molecule has 0 saturated heterocycles. The van der Waals surface area contributed by atoms with Gasteiger partial charge in [0.2, 0.25) is 0 Å². The van der Waals surface area contributed by atoms with Crippen LogP contribution in [0.2, 0.25) is 0 Å². The summed E-state index contributed by atoms with van der Waals surface area (Å²) in [6, 6.07) is 9.14. The van der Waals surface area contributed by atoms with Crippen molar-refractivity contribution < 1.29 is 4.39 Å². The van der Waals surface area contributed by atoms with Crippen molar-refractivity contribution in [2.24, 2.45) is 0 Å². The highest BCUT2D eigenvalue weighted by Gasteiger charge is 2.11. The molecule has 3 aromatic rings. The summed E-state index contributed by atoms with van der Waals surface area (Å²) < 4.78 is 15.9. The minimum absolute atomic E-state index is 0.187. The van der Waals surface area contributed by atoms with Gasteiger partial charge in [-0.15, -0.1) is 10.2 Å². The van der Waals surface area contributed by atoms with Crippen molar-refractivity contribution in [3.63, 3.8) is 0 Å². The molecule has 2 aromatic heterocycles. The zero-order valence-corrected chi connectivity index (χ0v) is 13.0. The van der Waals surface area contributed by atoms with E-state index in [1.165, 1.54) is 11.8 Å². The van der Waals surface area contributed by atoms with Crippen LogP contribution in [0.4, 0.5) is 4.39 Å². The zero-order valence-electron chi connectivity index (χ0n) is 12.2. The maximum absolute atomic E-state index is 13.9. The van der Waals surface area contributed by atoms with Gasteiger partial charge in [0.15, 0.2) is 5.65 Å². The average Bonchev–Trinajstić information content (AvgIpc) is 2.85. The lowest BCUT2D eigenvalue weighted by molar-refractivity contribution is 0.600. The van der Waals surface area contributed by atoms with Gasteiger partial charge < -0.3 is 0 Å². The van der Waals surface area contributed by atoms with Crippen LogP contribution in [-0.2, 0) is 0 Å². The first-order chi connectivity index (χ1) is 10.0. The SMILES string of the molecule is Cc1ccc(Sc2ccc3nnc(C(C)C)n3c2)c(F)c1. The highest BCUT2D eigenvalue weighted by atomic mass is 32.2. The second-order valence-corrected chi connectivity index (χ2v) is 6.46. The highest BCUT2D eigenvalue weighted by Crippen LogP contribution is 2.30. The van der Waals surface area contributed by atoms with E-state index in [0.717, 1.165) is 21.9 Å². The van der Waals surface area contributed by atoms with E-state index in [-0.39, 0.29) is 11.7 Å². The first kappa shape index (κ1) is 14.1. The summed E-state index contributed by atoms with van der Waals surface area (Å²) >= 11 is 1.41. The van der Waals surface area contributed by atoms with Gasteiger partial charge in [-0.25, -0.2) is 4.39 Å². The minimum Gasteiger partial charge on any atom is -0.285 e. The molecule has 0 fully saturated rings. The molecule has 2 heterocycles. The van der Waals surface area contributed by atoms with Crippen LogP contribution in [0.5, 0.6) is 0 Å². The number of rotatable bonds is 3. The quantitative estimate of drug-likeness (QED) is 0.716. The molecule has 108 valence electrons. The minimum atomic E-state index is -0.187. The molecule has 0 aliphatic carbocycles. The Kier molecular flexibility index (Phi) is 3.68. The van der Waals surface area contributed by atoms with Crippen LogP contribution in [0.15, 0.2) is 46.3 Å². The summed E-state index contributed by atoms with van der Waals surface area (Å²) in [5.41, 5.74) is 1.74. The fourth-order valence-corrected chi connectivity index (χ4v) is 3.00. The van der Waals surface area contributed by atoms with E-state index < -0.39 is 0 Å². The van der Waals surface area contributed by atoms with Gasteiger partial charge in [-0.05, 0) is 36.8 Å². The Morgan fingerprint density at radius 1 is 1.14 bits per heavy atom. The lowest BCUT2D eigenvalue weighted by atomic mass is 10.2. The number of hydrogen-bond acceptors (Lipinski definition) is 3. The normalized spacial score (nSPS) is 11.5. The Hall–Kier alpha value is -1.88. The van der Waals surface area contributed by atoms with E-state index >= 15 is 0 Å². The van der Waals surface area contributed by atoms with Gasteiger partial charge in [-0.3, -0.25) is 4.40 Å². The van der Waals surface area contributed by atoms with E-state index in [4.69, 9.17) is 0 Å². The third kappa shape index (κ3) is 2.78. The maximum Gasteiger partial charge on any atom is 0.160 e. The van der Waals surface area contributed by atoms with E-state index in [1.54, 1.807) is 6.07 Å². The molecule has 1 aromatic carbocycles. The fourth-order valence-electron chi connectivity index (χ4n) is 2.16. The molecule has 0 atom stereocenters. The molecule has 0 radical (unpaired) electrons. The second kappa shape index (κ2) is 5.48. The standard InChI is InChI=1S/C16H16FN3S/c1-10(2)16-19-18-15-7-5-12(9-20(15)16)21-14-6-4-11(3)8-13(14)17/h4-10H,1-3H3. The van der Waals surface area contributed by atoms with Crippen LogP contribution in [0, 0.1) is 12.7 Å². The first-order valence-electron chi connectivity index (χ1n) is 6.83. The van der Waals surface area contributed by atoms with Gasteiger partial charge in [0.25, 0.3) is 0 Å². The van der Waals surface area contributed by atoms with Crippen molar-refractivity contribution in [3.05, 3.63) is 53.7 Å². The van der Waals surface area contributed by atoms with Crippen LogP contribution in [0.1, 0.15) is 31.2 Å². The predicted octanol–water partition coefficient (Wildman–Crippen LogP) is 4.45. The molecule has 0 bridgehead atoms. The monoisotopic (exact) mass is 301 g/mol. The molecule has 3 rings (SSSR count). The van der Waals surface area contributed by atoms with Gasteiger partial charge in [-0.2, -0.15) is 0 Å². The number of aromatic nitrogens is 3. The number of aryl methyl sites for hydroxylation is 1. The summed E-state index contributed by atoms with van der Waals surface area (Å²) in [4.78, 5) is 1.59. The number of hydrogen-bond donors (Lipinski definition) is 0. The van der Waals surface area contributed by atoms with Gasteiger partial charge in [-0.1, -0.05) is 31.7 Å². The molecule has 0 spiro atoms. The zero-order chi connectivity index (χ0) is 15.0. The van der Waals surface area contributed by atoms with Gasteiger partial charge in [0.05, 0.1) is 0 Å². The molecule has 0 aliphatic rings. The Balaban J connectivity index is 1.99. The van der Waals surface area contributed by atoms with E-state index in [2.05, 4.69) is 24.0 Å². The third-order valence-corrected chi connectivity index (χ3v) is 4.26. The third-order valence-electron chi connectivity index (χ3n) is 3.23. The van der Waals surface area contributed by atoms with Crippen molar-refractivity contribution in [2.75, 3.05) is 0 Å². The Labute approximate surface area is 127 Å². The Morgan fingerprint density at radius 2 is 1.95 bits per heavy atom. The van der Waals surface area contributed by atoms with Gasteiger partial charge in [0.1, 0.15) is 11.6 Å². The van der Waals surface area contributed by atoms with Gasteiger partial charge >= 0.3 is 0 Å². The lowest BCUT2D eigenvalue weighted by Gasteiger charge is -2.07. The van der Waals surface area contributed by atoms with E-state index in [0.29, 0.717) is 4.90 Å². The van der Waals surface area contributed by atoms with E-state index in [1.807, 2.05) is 41.8 Å². The van der Waals surface area contributed by atoms with Crippen molar-refractivity contribution >= 4 is 17.4 Å². The van der Waals surface area contributed by atoms with Crippen LogP contribution in [0.25, 0.3) is 5.65 Å². The van der Waals surface area contributed by atoms with Gasteiger partial charge in [0, 0.05) is 21.9 Å². The first-order valence-corrected chi connectivity index (χ1v) is 7.65. The molecular formula is C16H16FN3S. The van der Waals surface area contributed by atoms with Crippen LogP contribution >= 0.6 is 11.8 Å². The smallest absolute Gasteiger partial charge is 0.160 e. The second-order valence-electron chi connectivity index (χ2n) is 5.34. The van der Waals surface area contributed by atoms with E-state index in [9.17, 15) is 4.39 Å². The van der Waals surface area contributed by atoms with Crippen LogP contribution in [0.3, 0.4) is 0 Å². The molecule has 3 nitrogen and oxygen atoms in total. The van der Waals surface area contributed by atoms with Crippen LogP contribution < -0.4 is 0 Å².